The lowest BCUT2D eigenvalue weighted by Crippen LogP contribution is -2.18. The van der Waals surface area contributed by atoms with Crippen LogP contribution in [0.5, 0.6) is 0 Å². The van der Waals surface area contributed by atoms with Crippen LogP contribution in [0.1, 0.15) is 22.3 Å². The smallest absolute Gasteiger partial charge is 0.250 e. The third-order valence-corrected chi connectivity index (χ3v) is 3.50. The number of benzene rings is 2. The highest BCUT2D eigenvalue weighted by Crippen LogP contribution is 2.21. The molecule has 0 unspecified atom stereocenters. The number of amides is 2. The fraction of sp³-hybridized carbons (Fsp3) is 0.125. The molecule has 0 radical (unpaired) electrons. The minimum absolute atomic E-state index is 0.149. The highest BCUT2D eigenvalue weighted by molar-refractivity contribution is 9.10. The van der Waals surface area contributed by atoms with E-state index in [1.165, 1.54) is 0 Å². The van der Waals surface area contributed by atoms with Gasteiger partial charge in [0, 0.05) is 10.9 Å². The Morgan fingerprint density at radius 3 is 2.48 bits per heavy atom. The first-order valence-corrected chi connectivity index (χ1v) is 7.28. The molecule has 0 aliphatic carbocycles. The summed E-state index contributed by atoms with van der Waals surface area (Å²) in [4.78, 5) is 23.4. The van der Waals surface area contributed by atoms with Crippen LogP contribution < -0.4 is 11.1 Å². The van der Waals surface area contributed by atoms with E-state index < -0.39 is 5.91 Å². The van der Waals surface area contributed by atoms with Gasteiger partial charge >= 0.3 is 0 Å². The van der Waals surface area contributed by atoms with Gasteiger partial charge in [0.2, 0.25) is 5.91 Å². The summed E-state index contributed by atoms with van der Waals surface area (Å²) in [5.74, 6) is -0.724. The number of hydrogen-bond donors (Lipinski definition) is 2. The lowest BCUT2D eigenvalue weighted by atomic mass is 10.1. The maximum absolute atomic E-state index is 12.0. The number of primary amides is 1. The molecule has 0 heterocycles. The predicted octanol–water partition coefficient (Wildman–Crippen LogP) is 3.12. The molecular weight excluding hydrogens is 332 g/mol. The lowest BCUT2D eigenvalue weighted by molar-refractivity contribution is -0.116. The van der Waals surface area contributed by atoms with Crippen LogP contribution in [0.3, 0.4) is 0 Å². The Morgan fingerprint density at radius 1 is 1.10 bits per heavy atom. The van der Waals surface area contributed by atoms with E-state index in [9.17, 15) is 9.59 Å². The van der Waals surface area contributed by atoms with Crippen LogP contribution in [0.15, 0.2) is 53.0 Å². The van der Waals surface area contributed by atoms with Gasteiger partial charge in [0.1, 0.15) is 0 Å². The van der Waals surface area contributed by atoms with E-state index in [0.717, 1.165) is 10.0 Å². The fourth-order valence-electron chi connectivity index (χ4n) is 1.94. The molecule has 4 nitrogen and oxygen atoms in total. The Balaban J connectivity index is 2.01. The summed E-state index contributed by atoms with van der Waals surface area (Å²) in [6.45, 7) is 0. The van der Waals surface area contributed by atoms with Crippen molar-refractivity contribution in [1.29, 1.82) is 0 Å². The van der Waals surface area contributed by atoms with Crippen molar-refractivity contribution < 1.29 is 9.59 Å². The van der Waals surface area contributed by atoms with Crippen LogP contribution >= 0.6 is 15.9 Å². The molecule has 21 heavy (non-hydrogen) atoms. The van der Waals surface area contributed by atoms with Crippen molar-refractivity contribution in [3.63, 3.8) is 0 Å². The normalized spacial score (nSPS) is 10.1. The zero-order valence-electron chi connectivity index (χ0n) is 11.3. The van der Waals surface area contributed by atoms with Crippen LogP contribution in [0.25, 0.3) is 0 Å². The molecule has 108 valence electrons. The van der Waals surface area contributed by atoms with Gasteiger partial charge in [0.25, 0.3) is 5.91 Å². The van der Waals surface area contributed by atoms with Gasteiger partial charge in [-0.1, -0.05) is 46.3 Å². The summed E-state index contributed by atoms with van der Waals surface area (Å²) < 4.78 is 0.735. The largest absolute Gasteiger partial charge is 0.366 e. The summed E-state index contributed by atoms with van der Waals surface area (Å²) in [7, 11) is 0. The van der Waals surface area contributed by atoms with E-state index in [4.69, 9.17) is 5.73 Å². The molecule has 3 N–H and O–H groups in total. The number of carbonyl (C=O) groups is 2. The third-order valence-electron chi connectivity index (χ3n) is 3.00. The van der Waals surface area contributed by atoms with E-state index in [2.05, 4.69) is 21.2 Å². The van der Waals surface area contributed by atoms with Crippen molar-refractivity contribution in [3.05, 3.63) is 64.1 Å². The maximum atomic E-state index is 12.0. The van der Waals surface area contributed by atoms with Crippen molar-refractivity contribution in [3.8, 4) is 0 Å². The molecule has 0 saturated heterocycles. The molecule has 0 fully saturated rings. The van der Waals surface area contributed by atoms with Crippen molar-refractivity contribution in [2.45, 2.75) is 12.8 Å². The van der Waals surface area contributed by atoms with E-state index in [0.29, 0.717) is 18.5 Å². The summed E-state index contributed by atoms with van der Waals surface area (Å²) in [5, 5.41) is 2.73. The lowest BCUT2D eigenvalue weighted by Gasteiger charge is -2.09. The Bertz CT molecular complexity index is 657. The van der Waals surface area contributed by atoms with Crippen molar-refractivity contribution in [2.24, 2.45) is 5.73 Å². The maximum Gasteiger partial charge on any atom is 0.250 e. The first kappa shape index (κ1) is 15.3. The monoisotopic (exact) mass is 346 g/mol. The van der Waals surface area contributed by atoms with Gasteiger partial charge in [-0.25, -0.2) is 0 Å². The van der Waals surface area contributed by atoms with Crippen molar-refractivity contribution in [2.75, 3.05) is 5.32 Å². The zero-order valence-corrected chi connectivity index (χ0v) is 12.9. The molecule has 2 amide bonds. The molecule has 5 heteroatoms. The number of hydrogen-bond acceptors (Lipinski definition) is 2. The predicted molar refractivity (Wildman–Crippen MR) is 86.1 cm³/mol. The average molecular weight is 347 g/mol. The molecule has 0 atom stereocenters. The van der Waals surface area contributed by atoms with Gasteiger partial charge in [-0.2, -0.15) is 0 Å². The minimum atomic E-state index is -0.574. The molecule has 0 aromatic heterocycles. The first-order valence-electron chi connectivity index (χ1n) is 6.49. The molecule has 0 saturated carbocycles. The average Bonchev–Trinajstić information content (AvgIpc) is 2.48. The highest BCUT2D eigenvalue weighted by Gasteiger charge is 2.11. The number of carbonyl (C=O) groups excluding carboxylic acids is 2. The van der Waals surface area contributed by atoms with Gasteiger partial charge in [0.05, 0.1) is 11.3 Å². The second kappa shape index (κ2) is 7.04. The van der Waals surface area contributed by atoms with Gasteiger partial charge in [-0.05, 0) is 30.2 Å². The first-order chi connectivity index (χ1) is 10.1. The van der Waals surface area contributed by atoms with Crippen LogP contribution in [0.2, 0.25) is 0 Å². The number of rotatable bonds is 5. The van der Waals surface area contributed by atoms with Crippen LogP contribution in [0.4, 0.5) is 5.69 Å². The Hall–Kier alpha value is -2.14. The summed E-state index contributed by atoms with van der Waals surface area (Å²) in [6, 6.07) is 14.8. The molecule has 0 aliphatic rings. The standard InChI is InChI=1S/C16H15BrN2O2/c17-12-7-8-14(13(10-12)16(18)21)19-15(20)9-6-11-4-2-1-3-5-11/h1-5,7-8,10H,6,9H2,(H2,18,21)(H,19,20). The Morgan fingerprint density at radius 2 is 1.81 bits per heavy atom. The minimum Gasteiger partial charge on any atom is -0.366 e. The Labute approximate surface area is 131 Å². The van der Waals surface area contributed by atoms with Gasteiger partial charge in [-0.3, -0.25) is 9.59 Å². The number of nitrogens with two attached hydrogens (primary N) is 1. The number of halogens is 1. The highest BCUT2D eigenvalue weighted by atomic mass is 79.9. The summed E-state index contributed by atoms with van der Waals surface area (Å²) in [5.41, 5.74) is 7.13. The van der Waals surface area contributed by atoms with Gasteiger partial charge in [-0.15, -0.1) is 0 Å². The fourth-order valence-corrected chi connectivity index (χ4v) is 2.31. The number of anilines is 1. The van der Waals surface area contributed by atoms with Crippen molar-refractivity contribution in [1.82, 2.24) is 0 Å². The van der Waals surface area contributed by atoms with E-state index in [-0.39, 0.29) is 11.5 Å². The molecule has 2 rings (SSSR count). The second-order valence-corrected chi connectivity index (χ2v) is 5.50. The van der Waals surface area contributed by atoms with Gasteiger partial charge in [0.15, 0.2) is 0 Å². The molecule has 0 spiro atoms. The quantitative estimate of drug-likeness (QED) is 0.872. The van der Waals surface area contributed by atoms with E-state index >= 15 is 0 Å². The SMILES string of the molecule is NC(=O)c1cc(Br)ccc1NC(=O)CCc1ccccc1. The van der Waals surface area contributed by atoms with Crippen LogP contribution in [-0.2, 0) is 11.2 Å². The second-order valence-electron chi connectivity index (χ2n) is 4.59. The van der Waals surface area contributed by atoms with E-state index in [1.807, 2.05) is 30.3 Å². The molecular formula is C16H15BrN2O2. The molecule has 2 aromatic rings. The van der Waals surface area contributed by atoms with Crippen LogP contribution in [-0.4, -0.2) is 11.8 Å². The summed E-state index contributed by atoms with van der Waals surface area (Å²) >= 11 is 3.27. The van der Waals surface area contributed by atoms with E-state index in [1.54, 1.807) is 18.2 Å². The third kappa shape index (κ3) is 4.43. The number of aryl methyl sites for hydroxylation is 1. The zero-order chi connectivity index (χ0) is 15.2. The molecule has 0 bridgehead atoms. The molecule has 2 aromatic carbocycles. The summed E-state index contributed by atoms with van der Waals surface area (Å²) in [6.07, 6.45) is 0.993. The Kier molecular flexibility index (Phi) is 5.11. The van der Waals surface area contributed by atoms with Crippen LogP contribution in [0, 0.1) is 0 Å². The number of nitrogens with one attached hydrogen (secondary N) is 1. The van der Waals surface area contributed by atoms with Gasteiger partial charge < -0.3 is 11.1 Å². The molecule has 0 aliphatic heterocycles. The van der Waals surface area contributed by atoms with Crippen molar-refractivity contribution >= 4 is 33.4 Å². The topological polar surface area (TPSA) is 72.2 Å².